The second-order valence-corrected chi connectivity index (χ2v) is 8.94. The Bertz CT molecular complexity index is 601. The van der Waals surface area contributed by atoms with Gasteiger partial charge in [0.25, 0.3) is 0 Å². The smallest absolute Gasteiger partial charge is 0.159 e. The molecular formula is C21H30O2. The summed E-state index contributed by atoms with van der Waals surface area (Å²) in [5, 5.41) is 10.1. The van der Waals surface area contributed by atoms with Crippen molar-refractivity contribution in [1.29, 1.82) is 0 Å². The van der Waals surface area contributed by atoms with Gasteiger partial charge in [-0.05, 0) is 79.6 Å². The van der Waals surface area contributed by atoms with Crippen LogP contribution in [0.3, 0.4) is 0 Å². The van der Waals surface area contributed by atoms with Crippen LogP contribution in [0.15, 0.2) is 23.3 Å². The number of rotatable bonds is 0. The molecule has 4 aliphatic carbocycles. The number of Topliss-reactive ketones (excluding diaryl/α,β-unsaturated/α-hetero) is 1. The maximum Gasteiger partial charge on any atom is 0.159 e. The molecule has 1 N–H and O–H groups in total. The molecule has 0 saturated heterocycles. The van der Waals surface area contributed by atoms with Crippen LogP contribution in [0.2, 0.25) is 0 Å². The van der Waals surface area contributed by atoms with E-state index >= 15 is 0 Å². The normalized spacial score (nSPS) is 51.0. The SMILES string of the molecule is C/C=C1/C(=O)C[C@H]2C3CC=C4C[C@@H](O)CCC4(C)[C@H]3CCC12C. The van der Waals surface area contributed by atoms with Gasteiger partial charge < -0.3 is 5.11 Å². The molecule has 0 amide bonds. The molecule has 0 aromatic rings. The van der Waals surface area contributed by atoms with E-state index in [9.17, 15) is 9.90 Å². The molecule has 0 aromatic heterocycles. The minimum absolute atomic E-state index is 0.114. The second-order valence-electron chi connectivity index (χ2n) is 8.94. The summed E-state index contributed by atoms with van der Waals surface area (Å²) in [6.07, 6.45) is 11.6. The molecule has 0 aromatic carbocycles. The van der Waals surface area contributed by atoms with E-state index in [1.54, 1.807) is 0 Å². The van der Waals surface area contributed by atoms with Crippen molar-refractivity contribution >= 4 is 5.78 Å². The first-order valence-electron chi connectivity index (χ1n) is 9.47. The molecule has 2 heteroatoms. The Morgan fingerprint density at radius 2 is 1.87 bits per heavy atom. The van der Waals surface area contributed by atoms with E-state index in [-0.39, 0.29) is 16.9 Å². The predicted octanol–water partition coefficient (Wildman–Crippen LogP) is 4.44. The van der Waals surface area contributed by atoms with Gasteiger partial charge in [-0.3, -0.25) is 4.79 Å². The van der Waals surface area contributed by atoms with Crippen LogP contribution in [-0.2, 0) is 4.79 Å². The fourth-order valence-electron chi connectivity index (χ4n) is 6.79. The van der Waals surface area contributed by atoms with E-state index in [1.807, 2.05) is 6.92 Å². The first-order valence-corrected chi connectivity index (χ1v) is 9.47. The topological polar surface area (TPSA) is 37.3 Å². The molecule has 23 heavy (non-hydrogen) atoms. The largest absolute Gasteiger partial charge is 0.393 e. The first kappa shape index (κ1) is 15.6. The fraction of sp³-hybridized carbons (Fsp3) is 0.762. The monoisotopic (exact) mass is 314 g/mol. The second kappa shape index (κ2) is 5.05. The van der Waals surface area contributed by atoms with Crippen molar-refractivity contribution < 1.29 is 9.90 Å². The zero-order valence-electron chi connectivity index (χ0n) is 14.8. The van der Waals surface area contributed by atoms with Gasteiger partial charge in [0.2, 0.25) is 0 Å². The molecule has 0 spiro atoms. The third-order valence-corrected chi connectivity index (χ3v) is 8.08. The average Bonchev–Trinajstić information content (AvgIpc) is 2.77. The molecule has 3 unspecified atom stereocenters. The van der Waals surface area contributed by atoms with Crippen molar-refractivity contribution in [3.05, 3.63) is 23.3 Å². The van der Waals surface area contributed by atoms with E-state index in [4.69, 9.17) is 0 Å². The Morgan fingerprint density at radius 3 is 2.61 bits per heavy atom. The van der Waals surface area contributed by atoms with Crippen molar-refractivity contribution in [3.8, 4) is 0 Å². The molecule has 4 aliphatic rings. The van der Waals surface area contributed by atoms with Crippen molar-refractivity contribution in [2.75, 3.05) is 0 Å². The van der Waals surface area contributed by atoms with Gasteiger partial charge in [0, 0.05) is 6.42 Å². The van der Waals surface area contributed by atoms with E-state index in [2.05, 4.69) is 26.0 Å². The van der Waals surface area contributed by atoms with Crippen LogP contribution in [0.1, 0.15) is 65.7 Å². The zero-order chi connectivity index (χ0) is 16.4. The van der Waals surface area contributed by atoms with Crippen LogP contribution in [0.4, 0.5) is 0 Å². The summed E-state index contributed by atoms with van der Waals surface area (Å²) in [5.74, 6) is 2.29. The number of fused-ring (bicyclic) bond motifs is 5. The number of aliphatic hydroxyl groups is 1. The van der Waals surface area contributed by atoms with E-state index in [1.165, 1.54) is 12.0 Å². The van der Waals surface area contributed by atoms with Crippen LogP contribution in [-0.4, -0.2) is 17.0 Å². The molecule has 0 aliphatic heterocycles. The van der Waals surface area contributed by atoms with Gasteiger partial charge in [0.1, 0.15) is 0 Å². The molecule has 6 atom stereocenters. The molecule has 0 radical (unpaired) electrons. The third kappa shape index (κ3) is 2.00. The summed E-state index contributed by atoms with van der Waals surface area (Å²) < 4.78 is 0. The summed E-state index contributed by atoms with van der Waals surface area (Å²) >= 11 is 0. The van der Waals surface area contributed by atoms with Gasteiger partial charge >= 0.3 is 0 Å². The lowest BCUT2D eigenvalue weighted by Crippen LogP contribution is -2.49. The summed E-state index contributed by atoms with van der Waals surface area (Å²) in [5.41, 5.74) is 3.00. The van der Waals surface area contributed by atoms with Gasteiger partial charge in [-0.1, -0.05) is 31.6 Å². The van der Waals surface area contributed by atoms with Crippen molar-refractivity contribution in [1.82, 2.24) is 0 Å². The number of hydrogen-bond acceptors (Lipinski definition) is 2. The van der Waals surface area contributed by atoms with Gasteiger partial charge in [-0.25, -0.2) is 0 Å². The molecule has 0 bridgehead atoms. The van der Waals surface area contributed by atoms with E-state index < -0.39 is 0 Å². The lowest BCUT2D eigenvalue weighted by atomic mass is 9.48. The van der Waals surface area contributed by atoms with Crippen LogP contribution in [0, 0.1) is 28.6 Å². The number of hydrogen-bond donors (Lipinski definition) is 1. The summed E-state index contributed by atoms with van der Waals surface area (Å²) in [4.78, 5) is 12.5. The molecule has 2 nitrogen and oxygen atoms in total. The first-order chi connectivity index (χ1) is 10.9. The minimum atomic E-state index is -0.137. The van der Waals surface area contributed by atoms with Gasteiger partial charge in [-0.2, -0.15) is 0 Å². The van der Waals surface area contributed by atoms with Crippen LogP contribution in [0.25, 0.3) is 0 Å². The Labute approximate surface area is 140 Å². The highest BCUT2D eigenvalue weighted by molar-refractivity contribution is 5.99. The number of allylic oxidation sites excluding steroid dienone is 3. The average molecular weight is 314 g/mol. The minimum Gasteiger partial charge on any atom is -0.393 e. The van der Waals surface area contributed by atoms with Gasteiger partial charge in [0.05, 0.1) is 6.10 Å². The summed E-state index contributed by atoms with van der Waals surface area (Å²) in [6, 6.07) is 0. The summed E-state index contributed by atoms with van der Waals surface area (Å²) in [7, 11) is 0. The number of carbonyl (C=O) groups is 1. The fourth-order valence-corrected chi connectivity index (χ4v) is 6.79. The maximum absolute atomic E-state index is 12.5. The summed E-state index contributed by atoms with van der Waals surface area (Å²) in [6.45, 7) is 6.83. The van der Waals surface area contributed by atoms with E-state index in [0.29, 0.717) is 23.5 Å². The lowest BCUT2D eigenvalue weighted by molar-refractivity contribution is -0.115. The Morgan fingerprint density at radius 1 is 1.13 bits per heavy atom. The van der Waals surface area contributed by atoms with Crippen LogP contribution < -0.4 is 0 Å². The Balaban J connectivity index is 1.71. The Kier molecular flexibility index (Phi) is 3.43. The number of carbonyl (C=O) groups excluding carboxylic acids is 1. The third-order valence-electron chi connectivity index (χ3n) is 8.08. The highest BCUT2D eigenvalue weighted by Gasteiger charge is 2.59. The molecule has 126 valence electrons. The molecule has 4 rings (SSSR count). The molecule has 3 saturated carbocycles. The maximum atomic E-state index is 12.5. The molecular weight excluding hydrogens is 284 g/mol. The molecule has 3 fully saturated rings. The van der Waals surface area contributed by atoms with Crippen molar-refractivity contribution in [3.63, 3.8) is 0 Å². The van der Waals surface area contributed by atoms with Crippen molar-refractivity contribution in [2.24, 2.45) is 28.6 Å². The van der Waals surface area contributed by atoms with E-state index in [0.717, 1.165) is 44.1 Å². The van der Waals surface area contributed by atoms with Crippen LogP contribution >= 0.6 is 0 Å². The highest BCUT2D eigenvalue weighted by Crippen LogP contribution is 2.65. The van der Waals surface area contributed by atoms with Crippen LogP contribution in [0.5, 0.6) is 0 Å². The van der Waals surface area contributed by atoms with Gasteiger partial charge in [-0.15, -0.1) is 0 Å². The number of ketones is 1. The predicted molar refractivity (Wildman–Crippen MR) is 91.9 cm³/mol. The standard InChI is InChI=1S/C21H30O2/c1-4-16-19(23)12-18-15-6-5-13-11-14(22)7-9-20(13,2)17(15)8-10-21(16,18)3/h4-5,14-15,17-18,22H,6-12H2,1-3H3/b16-4-/t14-,15?,17-,18-,20?,21?/m0/s1. The Hall–Kier alpha value is -0.890. The highest BCUT2D eigenvalue weighted by atomic mass is 16.3. The lowest BCUT2D eigenvalue weighted by Gasteiger charge is -2.57. The number of aliphatic hydroxyl groups excluding tert-OH is 1. The molecule has 0 heterocycles. The van der Waals surface area contributed by atoms with Crippen molar-refractivity contribution in [2.45, 2.75) is 71.8 Å². The van der Waals surface area contributed by atoms with Gasteiger partial charge in [0.15, 0.2) is 5.78 Å². The zero-order valence-corrected chi connectivity index (χ0v) is 14.8. The quantitative estimate of drug-likeness (QED) is 0.530.